The van der Waals surface area contributed by atoms with Gasteiger partial charge in [-0.25, -0.2) is 0 Å². The number of aromatic nitrogens is 1. The Balaban J connectivity index is 2.49. The average Bonchev–Trinajstić information content (AvgIpc) is 3.19. The highest BCUT2D eigenvalue weighted by atomic mass is 14.7. The van der Waals surface area contributed by atoms with Crippen molar-refractivity contribution in [3.05, 3.63) is 134 Å². The van der Waals surface area contributed by atoms with Crippen LogP contribution in [0.5, 0.6) is 0 Å². The van der Waals surface area contributed by atoms with E-state index in [2.05, 4.69) is 79.3 Å². The van der Waals surface area contributed by atoms with Gasteiger partial charge in [-0.3, -0.25) is 0 Å². The van der Waals surface area contributed by atoms with Gasteiger partial charge >= 0.3 is 0 Å². The Morgan fingerprint density at radius 3 is 1.87 bits per heavy atom. The molecule has 0 radical (unpaired) electrons. The van der Waals surface area contributed by atoms with Gasteiger partial charge in [0.25, 0.3) is 0 Å². The van der Waals surface area contributed by atoms with Crippen LogP contribution in [0.2, 0.25) is 0 Å². The van der Waals surface area contributed by atoms with Crippen LogP contribution < -0.4 is 0 Å². The third-order valence-electron chi connectivity index (χ3n) is 4.86. The molecule has 0 spiro atoms. The number of hydrogen-bond donors (Lipinski definition) is 1. The van der Waals surface area contributed by atoms with Crippen molar-refractivity contribution in [2.24, 2.45) is 0 Å². The highest BCUT2D eigenvalue weighted by molar-refractivity contribution is 5.99. The normalized spacial score (nSPS) is 12.2. The second kappa shape index (κ2) is 10.1. The zero-order valence-corrected chi connectivity index (χ0v) is 17.4. The second-order valence-electron chi connectivity index (χ2n) is 6.78. The summed E-state index contributed by atoms with van der Waals surface area (Å²) in [7, 11) is 0. The number of aromatic amines is 1. The molecule has 0 aliphatic carbocycles. The maximum absolute atomic E-state index is 4.08. The number of nitrogens with one attached hydrogen (secondary N) is 1. The summed E-state index contributed by atoms with van der Waals surface area (Å²) in [6, 6.07) is 20.9. The summed E-state index contributed by atoms with van der Waals surface area (Å²) in [6.07, 6.45) is 13.7. The van der Waals surface area contributed by atoms with E-state index < -0.39 is 0 Å². The van der Waals surface area contributed by atoms with Crippen molar-refractivity contribution >= 4 is 11.1 Å². The Hall–Kier alpha value is -3.84. The first-order chi connectivity index (χ1) is 14.7. The standard InChI is InChI=1S/C29H27N/c1-5-15-22(8-4)26-27(23-18-11-9-12-19-23)29(25-20-13-10-14-21-25)30-28(26)24(16-6-2)17-7-3/h5-21,30H,1-2,4H2,3H3/b17-7-,22-15+,24-16+. The summed E-state index contributed by atoms with van der Waals surface area (Å²) >= 11 is 0. The molecule has 0 aliphatic heterocycles. The molecule has 0 bridgehead atoms. The number of allylic oxidation sites excluding steroid dienone is 9. The van der Waals surface area contributed by atoms with Gasteiger partial charge in [-0.05, 0) is 29.2 Å². The Kier molecular flexibility index (Phi) is 7.02. The summed E-state index contributed by atoms with van der Waals surface area (Å²) in [5.74, 6) is 0. The summed E-state index contributed by atoms with van der Waals surface area (Å²) in [6.45, 7) is 13.9. The van der Waals surface area contributed by atoms with Crippen LogP contribution in [0.15, 0.2) is 123 Å². The average molecular weight is 390 g/mol. The monoisotopic (exact) mass is 389 g/mol. The fourth-order valence-corrected chi connectivity index (χ4v) is 3.63. The first-order valence-electron chi connectivity index (χ1n) is 10.0. The van der Waals surface area contributed by atoms with E-state index in [9.17, 15) is 0 Å². The van der Waals surface area contributed by atoms with Crippen LogP contribution in [-0.4, -0.2) is 4.98 Å². The van der Waals surface area contributed by atoms with Crippen LogP contribution in [0.4, 0.5) is 0 Å². The van der Waals surface area contributed by atoms with Crippen LogP contribution in [-0.2, 0) is 0 Å². The van der Waals surface area contributed by atoms with Gasteiger partial charge < -0.3 is 4.98 Å². The van der Waals surface area contributed by atoms with E-state index in [1.54, 1.807) is 6.08 Å². The molecule has 1 heteroatoms. The molecule has 0 amide bonds. The van der Waals surface area contributed by atoms with Crippen molar-refractivity contribution in [1.29, 1.82) is 0 Å². The smallest absolute Gasteiger partial charge is 0.0544 e. The molecule has 1 aromatic heterocycles. The van der Waals surface area contributed by atoms with Crippen molar-refractivity contribution in [3.63, 3.8) is 0 Å². The highest BCUT2D eigenvalue weighted by Crippen LogP contribution is 2.42. The van der Waals surface area contributed by atoms with E-state index in [4.69, 9.17) is 0 Å². The maximum atomic E-state index is 4.08. The quantitative estimate of drug-likeness (QED) is 0.373. The molecule has 1 heterocycles. The summed E-state index contributed by atoms with van der Waals surface area (Å²) in [5, 5.41) is 0. The molecule has 2 aromatic carbocycles. The predicted molar refractivity (Wildman–Crippen MR) is 133 cm³/mol. The molecular formula is C29H27N. The van der Waals surface area contributed by atoms with Gasteiger partial charge in [0.2, 0.25) is 0 Å². The highest BCUT2D eigenvalue weighted by Gasteiger charge is 2.22. The fraction of sp³-hybridized carbons (Fsp3) is 0.0345. The van der Waals surface area contributed by atoms with Crippen LogP contribution in [0.3, 0.4) is 0 Å². The zero-order chi connectivity index (χ0) is 21.3. The Morgan fingerprint density at radius 1 is 0.767 bits per heavy atom. The van der Waals surface area contributed by atoms with Gasteiger partial charge in [-0.2, -0.15) is 0 Å². The number of H-pyrrole nitrogens is 1. The van der Waals surface area contributed by atoms with Crippen LogP contribution in [0.1, 0.15) is 18.2 Å². The van der Waals surface area contributed by atoms with Crippen molar-refractivity contribution in [3.8, 4) is 22.4 Å². The molecule has 3 rings (SSSR count). The molecule has 30 heavy (non-hydrogen) atoms. The topological polar surface area (TPSA) is 15.8 Å². The van der Waals surface area contributed by atoms with E-state index in [1.165, 1.54) is 0 Å². The van der Waals surface area contributed by atoms with Gasteiger partial charge in [-0.1, -0.05) is 123 Å². The first kappa shape index (κ1) is 20.9. The summed E-state index contributed by atoms with van der Waals surface area (Å²) < 4.78 is 0. The largest absolute Gasteiger partial charge is 0.353 e. The Labute approximate surface area is 179 Å². The van der Waals surface area contributed by atoms with Crippen LogP contribution in [0, 0.1) is 0 Å². The van der Waals surface area contributed by atoms with Crippen LogP contribution in [0.25, 0.3) is 33.5 Å². The van der Waals surface area contributed by atoms with E-state index in [0.717, 1.165) is 44.8 Å². The number of hydrogen-bond acceptors (Lipinski definition) is 0. The van der Waals surface area contributed by atoms with Gasteiger partial charge in [0.15, 0.2) is 0 Å². The zero-order valence-electron chi connectivity index (χ0n) is 17.4. The molecule has 1 N–H and O–H groups in total. The third-order valence-corrected chi connectivity index (χ3v) is 4.86. The van der Waals surface area contributed by atoms with Gasteiger partial charge in [0.05, 0.1) is 11.4 Å². The molecule has 3 aromatic rings. The van der Waals surface area contributed by atoms with Crippen molar-refractivity contribution in [1.82, 2.24) is 4.98 Å². The molecular weight excluding hydrogens is 362 g/mol. The minimum Gasteiger partial charge on any atom is -0.353 e. The minimum absolute atomic E-state index is 1.01. The lowest BCUT2D eigenvalue weighted by atomic mass is 9.91. The SMILES string of the molecule is C=C/C=C(\C=C/C)c1[nH]c(-c2ccccc2)c(-c2ccccc2)c1/C(C=C)=C/C=C. The molecule has 0 fully saturated rings. The molecule has 0 saturated carbocycles. The molecule has 0 atom stereocenters. The fourth-order valence-electron chi connectivity index (χ4n) is 3.63. The molecule has 0 unspecified atom stereocenters. The number of rotatable bonds is 8. The molecule has 0 saturated heterocycles. The lowest BCUT2D eigenvalue weighted by Gasteiger charge is -2.11. The van der Waals surface area contributed by atoms with Crippen molar-refractivity contribution in [2.75, 3.05) is 0 Å². The minimum atomic E-state index is 1.01. The first-order valence-corrected chi connectivity index (χ1v) is 10.0. The van der Waals surface area contributed by atoms with Gasteiger partial charge in [-0.15, -0.1) is 0 Å². The third kappa shape index (κ3) is 4.26. The lowest BCUT2D eigenvalue weighted by Crippen LogP contribution is -1.91. The van der Waals surface area contributed by atoms with E-state index in [-0.39, 0.29) is 0 Å². The molecule has 0 aliphatic rings. The van der Waals surface area contributed by atoms with E-state index in [1.807, 2.05) is 49.4 Å². The van der Waals surface area contributed by atoms with Crippen molar-refractivity contribution < 1.29 is 0 Å². The molecule has 148 valence electrons. The van der Waals surface area contributed by atoms with Gasteiger partial charge in [0.1, 0.15) is 0 Å². The van der Waals surface area contributed by atoms with Crippen LogP contribution >= 0.6 is 0 Å². The Morgan fingerprint density at radius 2 is 1.33 bits per heavy atom. The van der Waals surface area contributed by atoms with Crippen molar-refractivity contribution in [2.45, 2.75) is 6.92 Å². The van der Waals surface area contributed by atoms with E-state index >= 15 is 0 Å². The second-order valence-corrected chi connectivity index (χ2v) is 6.78. The predicted octanol–water partition coefficient (Wildman–Crippen LogP) is 8.25. The summed E-state index contributed by atoms with van der Waals surface area (Å²) in [5.41, 5.74) is 8.68. The Bertz CT molecular complexity index is 1120. The summed E-state index contributed by atoms with van der Waals surface area (Å²) in [4.78, 5) is 3.72. The molecule has 1 nitrogen and oxygen atoms in total. The lowest BCUT2D eigenvalue weighted by molar-refractivity contribution is 1.34. The van der Waals surface area contributed by atoms with E-state index in [0.29, 0.717) is 0 Å². The maximum Gasteiger partial charge on any atom is 0.0544 e. The number of benzene rings is 2. The van der Waals surface area contributed by atoms with Gasteiger partial charge in [0, 0.05) is 11.1 Å².